The van der Waals surface area contributed by atoms with Gasteiger partial charge in [-0.25, -0.2) is 0 Å². The Morgan fingerprint density at radius 1 is 0.905 bits per heavy atom. The summed E-state index contributed by atoms with van der Waals surface area (Å²) in [6, 6.07) is 23.0. The molecular formula is C20H25N. The van der Waals surface area contributed by atoms with E-state index >= 15 is 0 Å². The summed E-state index contributed by atoms with van der Waals surface area (Å²) in [7, 11) is 0. The van der Waals surface area contributed by atoms with Gasteiger partial charge in [-0.2, -0.15) is 0 Å². The van der Waals surface area contributed by atoms with Gasteiger partial charge in [0.05, 0.1) is 0 Å². The molecule has 1 aliphatic carbocycles. The molecule has 0 heterocycles. The van der Waals surface area contributed by atoms with E-state index in [0.717, 1.165) is 24.8 Å². The van der Waals surface area contributed by atoms with E-state index in [1.807, 2.05) is 0 Å². The van der Waals surface area contributed by atoms with Crippen LogP contribution in [0.2, 0.25) is 0 Å². The molecule has 1 N–H and O–H groups in total. The molecule has 3 rings (SSSR count). The SMILES string of the molecule is CCC1CC1NC(Cc1ccccc1)Cc1ccccc1. The summed E-state index contributed by atoms with van der Waals surface area (Å²) in [6.07, 6.45) is 4.89. The summed E-state index contributed by atoms with van der Waals surface area (Å²) in [5.41, 5.74) is 2.86. The zero-order valence-electron chi connectivity index (χ0n) is 12.8. The van der Waals surface area contributed by atoms with Gasteiger partial charge in [-0.15, -0.1) is 0 Å². The number of nitrogens with one attached hydrogen (secondary N) is 1. The van der Waals surface area contributed by atoms with Gasteiger partial charge in [-0.05, 0) is 36.3 Å². The maximum absolute atomic E-state index is 3.89. The van der Waals surface area contributed by atoms with Crippen molar-refractivity contribution in [2.24, 2.45) is 5.92 Å². The zero-order valence-corrected chi connectivity index (χ0v) is 12.8. The highest BCUT2D eigenvalue weighted by atomic mass is 15.0. The van der Waals surface area contributed by atoms with Crippen LogP contribution in [0.3, 0.4) is 0 Å². The monoisotopic (exact) mass is 279 g/mol. The van der Waals surface area contributed by atoms with Crippen molar-refractivity contribution in [3.05, 3.63) is 71.8 Å². The smallest absolute Gasteiger partial charge is 0.0151 e. The second kappa shape index (κ2) is 6.91. The standard InChI is InChI=1S/C20H25N/c1-2-18-15-20(18)21-19(13-16-9-5-3-6-10-16)14-17-11-7-4-8-12-17/h3-12,18-21H,2,13-15H2,1H3. The van der Waals surface area contributed by atoms with E-state index in [9.17, 15) is 0 Å². The molecule has 110 valence electrons. The molecule has 1 heteroatoms. The van der Waals surface area contributed by atoms with Crippen LogP contribution in [0.4, 0.5) is 0 Å². The van der Waals surface area contributed by atoms with E-state index in [4.69, 9.17) is 0 Å². The first-order valence-corrected chi connectivity index (χ1v) is 8.19. The van der Waals surface area contributed by atoms with E-state index in [-0.39, 0.29) is 0 Å². The Labute approximate surface area is 128 Å². The van der Waals surface area contributed by atoms with Gasteiger partial charge < -0.3 is 5.32 Å². The molecule has 1 fully saturated rings. The van der Waals surface area contributed by atoms with Crippen LogP contribution in [0.5, 0.6) is 0 Å². The Morgan fingerprint density at radius 3 is 1.86 bits per heavy atom. The van der Waals surface area contributed by atoms with Crippen LogP contribution in [0.1, 0.15) is 30.9 Å². The molecule has 2 aromatic rings. The molecule has 0 bridgehead atoms. The third-order valence-corrected chi connectivity index (χ3v) is 4.55. The van der Waals surface area contributed by atoms with E-state index in [1.165, 1.54) is 24.0 Å². The second-order valence-corrected chi connectivity index (χ2v) is 6.25. The molecule has 1 aliphatic rings. The van der Waals surface area contributed by atoms with Crippen molar-refractivity contribution < 1.29 is 0 Å². The lowest BCUT2D eigenvalue weighted by Crippen LogP contribution is -2.35. The highest BCUT2D eigenvalue weighted by Crippen LogP contribution is 2.34. The first-order valence-electron chi connectivity index (χ1n) is 8.19. The summed E-state index contributed by atoms with van der Waals surface area (Å²) >= 11 is 0. The quantitative estimate of drug-likeness (QED) is 0.800. The number of hydrogen-bond acceptors (Lipinski definition) is 1. The molecule has 1 saturated carbocycles. The fraction of sp³-hybridized carbons (Fsp3) is 0.400. The molecule has 0 spiro atoms. The van der Waals surface area contributed by atoms with Gasteiger partial charge >= 0.3 is 0 Å². The van der Waals surface area contributed by atoms with Crippen LogP contribution in [0.15, 0.2) is 60.7 Å². The molecular weight excluding hydrogens is 254 g/mol. The van der Waals surface area contributed by atoms with E-state index < -0.39 is 0 Å². The average molecular weight is 279 g/mol. The third kappa shape index (κ3) is 4.18. The molecule has 1 nitrogen and oxygen atoms in total. The van der Waals surface area contributed by atoms with Gasteiger partial charge in [-0.3, -0.25) is 0 Å². The Hall–Kier alpha value is -1.60. The highest BCUT2D eigenvalue weighted by Gasteiger charge is 2.36. The molecule has 2 atom stereocenters. The predicted octanol–water partition coefficient (Wildman–Crippen LogP) is 4.23. The largest absolute Gasteiger partial charge is 0.310 e. The fourth-order valence-electron chi connectivity index (χ4n) is 3.19. The minimum atomic E-state index is 0.538. The molecule has 0 aromatic heterocycles. The van der Waals surface area contributed by atoms with E-state index in [2.05, 4.69) is 72.9 Å². The zero-order chi connectivity index (χ0) is 14.5. The lowest BCUT2D eigenvalue weighted by molar-refractivity contribution is 0.483. The first-order chi connectivity index (χ1) is 10.3. The average Bonchev–Trinajstić information content (AvgIpc) is 3.27. The predicted molar refractivity (Wildman–Crippen MR) is 89.4 cm³/mol. The Bertz CT molecular complexity index is 493. The van der Waals surface area contributed by atoms with Gasteiger partial charge in [0.1, 0.15) is 0 Å². The summed E-state index contributed by atoms with van der Waals surface area (Å²) in [5, 5.41) is 3.89. The maximum atomic E-state index is 3.89. The van der Waals surface area contributed by atoms with Crippen molar-refractivity contribution >= 4 is 0 Å². The highest BCUT2D eigenvalue weighted by molar-refractivity contribution is 5.20. The normalized spacial score (nSPS) is 20.7. The van der Waals surface area contributed by atoms with Crippen molar-refractivity contribution in [2.45, 2.75) is 44.7 Å². The third-order valence-electron chi connectivity index (χ3n) is 4.55. The molecule has 0 amide bonds. The lowest BCUT2D eigenvalue weighted by atomic mass is 9.99. The van der Waals surface area contributed by atoms with E-state index in [1.54, 1.807) is 0 Å². The Balaban J connectivity index is 1.65. The molecule has 21 heavy (non-hydrogen) atoms. The van der Waals surface area contributed by atoms with Gasteiger partial charge in [0.25, 0.3) is 0 Å². The Kier molecular flexibility index (Phi) is 4.72. The van der Waals surface area contributed by atoms with Crippen molar-refractivity contribution in [3.8, 4) is 0 Å². The van der Waals surface area contributed by atoms with E-state index in [0.29, 0.717) is 6.04 Å². The summed E-state index contributed by atoms with van der Waals surface area (Å²) in [6.45, 7) is 2.30. The topological polar surface area (TPSA) is 12.0 Å². The minimum absolute atomic E-state index is 0.538. The minimum Gasteiger partial charge on any atom is -0.310 e. The fourth-order valence-corrected chi connectivity index (χ4v) is 3.19. The van der Waals surface area contributed by atoms with Gasteiger partial charge in [-0.1, -0.05) is 74.0 Å². The molecule has 0 saturated heterocycles. The van der Waals surface area contributed by atoms with Crippen LogP contribution in [0.25, 0.3) is 0 Å². The van der Waals surface area contributed by atoms with Crippen LogP contribution < -0.4 is 5.32 Å². The van der Waals surface area contributed by atoms with Crippen LogP contribution in [-0.2, 0) is 12.8 Å². The van der Waals surface area contributed by atoms with Crippen LogP contribution >= 0.6 is 0 Å². The van der Waals surface area contributed by atoms with Crippen molar-refractivity contribution in [1.82, 2.24) is 5.32 Å². The van der Waals surface area contributed by atoms with Gasteiger partial charge in [0, 0.05) is 12.1 Å². The number of benzene rings is 2. The summed E-state index contributed by atoms with van der Waals surface area (Å²) in [5.74, 6) is 0.902. The summed E-state index contributed by atoms with van der Waals surface area (Å²) in [4.78, 5) is 0. The van der Waals surface area contributed by atoms with Crippen molar-refractivity contribution in [2.75, 3.05) is 0 Å². The lowest BCUT2D eigenvalue weighted by Gasteiger charge is -2.19. The number of rotatable bonds is 7. The molecule has 0 radical (unpaired) electrons. The maximum Gasteiger partial charge on any atom is 0.0151 e. The van der Waals surface area contributed by atoms with Gasteiger partial charge in [0.2, 0.25) is 0 Å². The van der Waals surface area contributed by atoms with Gasteiger partial charge in [0.15, 0.2) is 0 Å². The second-order valence-electron chi connectivity index (χ2n) is 6.25. The molecule has 2 aromatic carbocycles. The van der Waals surface area contributed by atoms with Crippen molar-refractivity contribution in [1.29, 1.82) is 0 Å². The van der Waals surface area contributed by atoms with Crippen LogP contribution in [-0.4, -0.2) is 12.1 Å². The number of hydrogen-bond donors (Lipinski definition) is 1. The molecule has 2 unspecified atom stereocenters. The first kappa shape index (κ1) is 14.3. The molecule has 0 aliphatic heterocycles. The van der Waals surface area contributed by atoms with Crippen LogP contribution in [0, 0.1) is 5.92 Å². The Morgan fingerprint density at radius 2 is 1.43 bits per heavy atom. The van der Waals surface area contributed by atoms with Crippen molar-refractivity contribution in [3.63, 3.8) is 0 Å². The summed E-state index contributed by atoms with van der Waals surface area (Å²) < 4.78 is 0.